The van der Waals surface area contributed by atoms with Crippen LogP contribution in [-0.2, 0) is 16.0 Å². The standard InChI is InChI=1S/C19H24FN3O3/c1-3-25-10-9-23-17(12-14(2)21-23)19(24)22-8-11-26-18(13-22)15-4-6-16(20)7-5-15/h4-7,12,18H,3,8-11,13H2,1-2H3/t18-/m0/s1. The molecule has 1 aromatic carbocycles. The molecule has 0 unspecified atom stereocenters. The number of ether oxygens (including phenoxy) is 2. The lowest BCUT2D eigenvalue weighted by Gasteiger charge is -2.33. The van der Waals surface area contributed by atoms with Crippen molar-refractivity contribution in [1.29, 1.82) is 0 Å². The van der Waals surface area contributed by atoms with E-state index in [1.54, 1.807) is 27.8 Å². The van der Waals surface area contributed by atoms with Crippen molar-refractivity contribution < 1.29 is 18.7 Å². The highest BCUT2D eigenvalue weighted by molar-refractivity contribution is 5.92. The van der Waals surface area contributed by atoms with Crippen molar-refractivity contribution in [3.8, 4) is 0 Å². The van der Waals surface area contributed by atoms with Gasteiger partial charge in [0.1, 0.15) is 17.6 Å². The van der Waals surface area contributed by atoms with Gasteiger partial charge >= 0.3 is 0 Å². The van der Waals surface area contributed by atoms with Gasteiger partial charge in [-0.25, -0.2) is 4.39 Å². The fourth-order valence-corrected chi connectivity index (χ4v) is 3.06. The Morgan fingerprint density at radius 2 is 2.15 bits per heavy atom. The van der Waals surface area contributed by atoms with Crippen molar-refractivity contribution in [3.63, 3.8) is 0 Å². The van der Waals surface area contributed by atoms with E-state index in [1.807, 2.05) is 13.8 Å². The first kappa shape index (κ1) is 18.5. The second-order valence-corrected chi connectivity index (χ2v) is 6.25. The maximum atomic E-state index is 13.1. The van der Waals surface area contributed by atoms with Crippen LogP contribution in [0.25, 0.3) is 0 Å². The van der Waals surface area contributed by atoms with E-state index in [0.717, 1.165) is 11.3 Å². The van der Waals surface area contributed by atoms with E-state index in [1.165, 1.54) is 12.1 Å². The molecule has 1 saturated heterocycles. The number of carbonyl (C=O) groups is 1. The molecule has 0 aliphatic carbocycles. The quantitative estimate of drug-likeness (QED) is 0.742. The molecular weight excluding hydrogens is 337 g/mol. The van der Waals surface area contributed by atoms with E-state index in [2.05, 4.69) is 5.10 Å². The molecule has 0 N–H and O–H groups in total. The first-order valence-corrected chi connectivity index (χ1v) is 8.87. The Morgan fingerprint density at radius 3 is 2.88 bits per heavy atom. The Labute approximate surface area is 152 Å². The highest BCUT2D eigenvalue weighted by atomic mass is 19.1. The van der Waals surface area contributed by atoms with Crippen LogP contribution in [0.15, 0.2) is 30.3 Å². The number of rotatable bonds is 6. The first-order valence-electron chi connectivity index (χ1n) is 8.87. The molecule has 1 fully saturated rings. The van der Waals surface area contributed by atoms with Gasteiger partial charge in [-0.1, -0.05) is 12.1 Å². The second-order valence-electron chi connectivity index (χ2n) is 6.25. The number of hydrogen-bond acceptors (Lipinski definition) is 4. The highest BCUT2D eigenvalue weighted by Gasteiger charge is 2.28. The summed E-state index contributed by atoms with van der Waals surface area (Å²) in [6, 6.07) is 8.02. The molecule has 140 valence electrons. The average Bonchev–Trinajstić information content (AvgIpc) is 3.02. The smallest absolute Gasteiger partial charge is 0.272 e. The van der Waals surface area contributed by atoms with E-state index in [4.69, 9.17) is 9.47 Å². The minimum atomic E-state index is -0.286. The Morgan fingerprint density at radius 1 is 1.38 bits per heavy atom. The molecule has 2 heterocycles. The molecule has 1 aliphatic rings. The van der Waals surface area contributed by atoms with Crippen molar-refractivity contribution in [2.75, 3.05) is 32.9 Å². The molecule has 1 atom stereocenters. The van der Waals surface area contributed by atoms with Crippen LogP contribution in [0.3, 0.4) is 0 Å². The third-order valence-electron chi connectivity index (χ3n) is 4.37. The second kappa shape index (κ2) is 8.42. The number of aryl methyl sites for hydroxylation is 1. The molecule has 0 radical (unpaired) electrons. The molecular formula is C19H24FN3O3. The normalized spacial score (nSPS) is 17.5. The highest BCUT2D eigenvalue weighted by Crippen LogP contribution is 2.23. The van der Waals surface area contributed by atoms with Crippen LogP contribution in [0.2, 0.25) is 0 Å². The predicted molar refractivity (Wildman–Crippen MR) is 94.5 cm³/mol. The number of hydrogen-bond donors (Lipinski definition) is 0. The Hall–Kier alpha value is -2.25. The van der Waals surface area contributed by atoms with Crippen molar-refractivity contribution in [3.05, 3.63) is 53.1 Å². The molecule has 1 aromatic heterocycles. The largest absolute Gasteiger partial charge is 0.380 e. The molecule has 3 rings (SSSR count). The number of benzene rings is 1. The zero-order valence-electron chi connectivity index (χ0n) is 15.2. The van der Waals surface area contributed by atoms with Crippen molar-refractivity contribution in [2.24, 2.45) is 0 Å². The zero-order valence-corrected chi connectivity index (χ0v) is 15.2. The SMILES string of the molecule is CCOCCn1nc(C)cc1C(=O)N1CCO[C@H](c2ccc(F)cc2)C1. The molecule has 0 bridgehead atoms. The third-order valence-corrected chi connectivity index (χ3v) is 4.37. The first-order chi connectivity index (χ1) is 12.6. The van der Waals surface area contributed by atoms with Crippen molar-refractivity contribution in [2.45, 2.75) is 26.5 Å². The van der Waals surface area contributed by atoms with Crippen LogP contribution >= 0.6 is 0 Å². The van der Waals surface area contributed by atoms with Gasteiger partial charge in [0.25, 0.3) is 5.91 Å². The summed E-state index contributed by atoms with van der Waals surface area (Å²) in [7, 11) is 0. The third kappa shape index (κ3) is 4.28. The minimum absolute atomic E-state index is 0.0717. The van der Waals surface area contributed by atoms with Crippen LogP contribution < -0.4 is 0 Å². The topological polar surface area (TPSA) is 56.6 Å². The van der Waals surface area contributed by atoms with E-state index < -0.39 is 0 Å². The maximum absolute atomic E-state index is 13.1. The number of nitrogens with zero attached hydrogens (tertiary/aromatic N) is 3. The van der Waals surface area contributed by atoms with E-state index in [-0.39, 0.29) is 17.8 Å². The van der Waals surface area contributed by atoms with Gasteiger partial charge in [0.05, 0.1) is 32.0 Å². The maximum Gasteiger partial charge on any atom is 0.272 e. The van der Waals surface area contributed by atoms with E-state index in [9.17, 15) is 9.18 Å². The minimum Gasteiger partial charge on any atom is -0.380 e. The summed E-state index contributed by atoms with van der Waals surface area (Å²) in [4.78, 5) is 14.8. The van der Waals surface area contributed by atoms with Crippen molar-refractivity contribution >= 4 is 5.91 Å². The average molecular weight is 361 g/mol. The lowest BCUT2D eigenvalue weighted by atomic mass is 10.1. The number of halogens is 1. The van der Waals surface area contributed by atoms with Gasteiger partial charge < -0.3 is 14.4 Å². The van der Waals surface area contributed by atoms with Crippen LogP contribution in [0.4, 0.5) is 4.39 Å². The van der Waals surface area contributed by atoms with Gasteiger partial charge in [0.15, 0.2) is 0 Å². The molecule has 6 nitrogen and oxygen atoms in total. The summed E-state index contributed by atoms with van der Waals surface area (Å²) in [5, 5.41) is 4.40. The molecule has 26 heavy (non-hydrogen) atoms. The van der Waals surface area contributed by atoms with Gasteiger partial charge in [-0.05, 0) is 37.6 Å². The van der Waals surface area contributed by atoms with Crippen LogP contribution in [0.1, 0.15) is 34.8 Å². The summed E-state index contributed by atoms with van der Waals surface area (Å²) in [5.41, 5.74) is 2.22. The van der Waals surface area contributed by atoms with E-state index >= 15 is 0 Å². The number of morpholine rings is 1. The molecule has 1 amide bonds. The molecule has 2 aromatic rings. The number of amides is 1. The van der Waals surface area contributed by atoms with Crippen LogP contribution in [0, 0.1) is 12.7 Å². The van der Waals surface area contributed by atoms with Gasteiger partial charge in [-0.15, -0.1) is 0 Å². The molecule has 0 spiro atoms. The monoisotopic (exact) mass is 361 g/mol. The fraction of sp³-hybridized carbons (Fsp3) is 0.474. The molecule has 0 saturated carbocycles. The summed E-state index contributed by atoms with van der Waals surface area (Å²) in [6.45, 7) is 6.88. The lowest BCUT2D eigenvalue weighted by molar-refractivity contribution is -0.0232. The van der Waals surface area contributed by atoms with Crippen molar-refractivity contribution in [1.82, 2.24) is 14.7 Å². The van der Waals surface area contributed by atoms with Gasteiger partial charge in [0.2, 0.25) is 0 Å². The predicted octanol–water partition coefficient (Wildman–Crippen LogP) is 2.58. The lowest BCUT2D eigenvalue weighted by Crippen LogP contribution is -2.43. The molecule has 1 aliphatic heterocycles. The fourth-order valence-electron chi connectivity index (χ4n) is 3.06. The van der Waals surface area contributed by atoms with Crippen LogP contribution in [-0.4, -0.2) is 53.5 Å². The Balaban J connectivity index is 1.72. The molecule has 7 heteroatoms. The van der Waals surface area contributed by atoms with Gasteiger partial charge in [-0.3, -0.25) is 9.48 Å². The zero-order chi connectivity index (χ0) is 18.5. The Kier molecular flexibility index (Phi) is 6.00. The number of aromatic nitrogens is 2. The van der Waals surface area contributed by atoms with Crippen LogP contribution in [0.5, 0.6) is 0 Å². The summed E-state index contributed by atoms with van der Waals surface area (Å²) in [5.74, 6) is -0.358. The summed E-state index contributed by atoms with van der Waals surface area (Å²) < 4.78 is 26.0. The Bertz CT molecular complexity index is 745. The van der Waals surface area contributed by atoms with Gasteiger partial charge in [0, 0.05) is 13.2 Å². The summed E-state index contributed by atoms with van der Waals surface area (Å²) in [6.07, 6.45) is -0.255. The van der Waals surface area contributed by atoms with Gasteiger partial charge in [-0.2, -0.15) is 5.10 Å². The van der Waals surface area contributed by atoms with E-state index in [0.29, 0.717) is 45.1 Å². The summed E-state index contributed by atoms with van der Waals surface area (Å²) >= 11 is 0. The number of carbonyl (C=O) groups excluding carboxylic acids is 1.